The van der Waals surface area contributed by atoms with Gasteiger partial charge in [-0.25, -0.2) is 0 Å². The summed E-state index contributed by atoms with van der Waals surface area (Å²) in [5, 5.41) is 10.3. The number of aryl methyl sites for hydroxylation is 1. The number of carbonyl (C=O) groups excluding carboxylic acids is 1. The number of carbonyl (C=O) groups is 1. The molecule has 4 heteroatoms. The van der Waals surface area contributed by atoms with Crippen molar-refractivity contribution < 1.29 is 9.90 Å². The van der Waals surface area contributed by atoms with Crippen LogP contribution in [0.1, 0.15) is 68.6 Å². The molecule has 144 valence electrons. The van der Waals surface area contributed by atoms with E-state index in [4.69, 9.17) is 0 Å². The van der Waals surface area contributed by atoms with E-state index in [0.29, 0.717) is 23.5 Å². The number of nitrogens with zero attached hydrogens (tertiary/aromatic N) is 2. The third kappa shape index (κ3) is 4.59. The molecule has 1 amide bonds. The fourth-order valence-corrected chi connectivity index (χ4v) is 4.49. The monoisotopic (exact) mass is 358 g/mol. The van der Waals surface area contributed by atoms with E-state index in [1.165, 1.54) is 31.2 Å². The van der Waals surface area contributed by atoms with Gasteiger partial charge in [0, 0.05) is 44.7 Å². The van der Waals surface area contributed by atoms with E-state index in [2.05, 4.69) is 31.7 Å². The molecular weight excluding hydrogens is 324 g/mol. The molecule has 1 saturated carbocycles. The first-order valence-electron chi connectivity index (χ1n) is 10.3. The van der Waals surface area contributed by atoms with Gasteiger partial charge in [0.25, 0.3) is 0 Å². The summed E-state index contributed by atoms with van der Waals surface area (Å²) in [6.07, 6.45) is 5.80. The predicted molar refractivity (Wildman–Crippen MR) is 105 cm³/mol. The molecule has 26 heavy (non-hydrogen) atoms. The lowest BCUT2D eigenvalue weighted by Crippen LogP contribution is -2.48. The zero-order valence-corrected chi connectivity index (χ0v) is 16.6. The maximum Gasteiger partial charge on any atom is 0.222 e. The molecular formula is C22H34N2O2. The summed E-state index contributed by atoms with van der Waals surface area (Å²) in [6.45, 7) is 10.6. The highest BCUT2D eigenvalue weighted by Crippen LogP contribution is 2.29. The van der Waals surface area contributed by atoms with Crippen molar-refractivity contribution in [1.82, 2.24) is 9.80 Å². The van der Waals surface area contributed by atoms with Crippen molar-refractivity contribution in [2.75, 3.05) is 26.2 Å². The molecule has 0 aromatic heterocycles. The van der Waals surface area contributed by atoms with Crippen molar-refractivity contribution in [3.63, 3.8) is 0 Å². The molecule has 0 atom stereocenters. The zero-order chi connectivity index (χ0) is 18.7. The highest BCUT2D eigenvalue weighted by Gasteiger charge is 2.25. The fraction of sp³-hybridized carbons (Fsp3) is 0.682. The van der Waals surface area contributed by atoms with Crippen molar-refractivity contribution in [2.24, 2.45) is 5.92 Å². The lowest BCUT2D eigenvalue weighted by Gasteiger charge is -2.35. The van der Waals surface area contributed by atoms with E-state index in [-0.39, 0.29) is 0 Å². The number of phenols is 1. The summed E-state index contributed by atoms with van der Waals surface area (Å²) in [7, 11) is 0. The van der Waals surface area contributed by atoms with E-state index < -0.39 is 0 Å². The summed E-state index contributed by atoms with van der Waals surface area (Å²) in [4.78, 5) is 16.9. The number of piperazine rings is 1. The summed E-state index contributed by atoms with van der Waals surface area (Å²) < 4.78 is 0. The van der Waals surface area contributed by atoms with Crippen LogP contribution in [-0.2, 0) is 11.3 Å². The van der Waals surface area contributed by atoms with Gasteiger partial charge in [0.1, 0.15) is 5.75 Å². The van der Waals surface area contributed by atoms with Gasteiger partial charge in [-0.05, 0) is 48.8 Å². The molecule has 1 aliphatic carbocycles. The minimum atomic E-state index is 0.344. The normalized spacial score (nSPS) is 19.5. The Bertz CT molecular complexity index is 627. The molecule has 0 unspecified atom stereocenters. The Kier molecular flexibility index (Phi) is 6.23. The molecule has 1 heterocycles. The first-order chi connectivity index (χ1) is 12.4. The number of rotatable bonds is 5. The van der Waals surface area contributed by atoms with E-state index in [9.17, 15) is 9.90 Å². The van der Waals surface area contributed by atoms with Gasteiger partial charge in [-0.2, -0.15) is 0 Å². The molecule has 0 bridgehead atoms. The maximum atomic E-state index is 12.5. The van der Waals surface area contributed by atoms with Gasteiger partial charge < -0.3 is 10.0 Å². The van der Waals surface area contributed by atoms with E-state index in [1.54, 1.807) is 0 Å². The van der Waals surface area contributed by atoms with E-state index in [0.717, 1.165) is 50.3 Å². The minimum absolute atomic E-state index is 0.344. The number of aromatic hydroxyl groups is 1. The second-order valence-electron chi connectivity index (χ2n) is 8.50. The lowest BCUT2D eigenvalue weighted by molar-refractivity contribution is -0.134. The molecule has 2 fully saturated rings. The molecule has 2 aliphatic rings. The number of phenolic OH excluding ortho intramolecular Hbond substituents is 1. The number of amides is 1. The quantitative estimate of drug-likeness (QED) is 0.863. The summed E-state index contributed by atoms with van der Waals surface area (Å²) in [5.41, 5.74) is 3.47. The predicted octanol–water partition coefficient (Wildman–Crippen LogP) is 4.05. The smallest absolute Gasteiger partial charge is 0.222 e. The summed E-state index contributed by atoms with van der Waals surface area (Å²) >= 11 is 0. The van der Waals surface area contributed by atoms with Crippen LogP contribution in [0.15, 0.2) is 12.1 Å². The molecule has 0 spiro atoms. The van der Waals surface area contributed by atoms with Gasteiger partial charge in [0.15, 0.2) is 0 Å². The van der Waals surface area contributed by atoms with Crippen molar-refractivity contribution >= 4 is 5.91 Å². The molecule has 1 aliphatic heterocycles. The molecule has 1 aromatic rings. The highest BCUT2D eigenvalue weighted by molar-refractivity contribution is 5.76. The Labute approximate surface area is 158 Å². The van der Waals surface area contributed by atoms with E-state index >= 15 is 0 Å². The van der Waals surface area contributed by atoms with Gasteiger partial charge in [-0.3, -0.25) is 9.69 Å². The number of benzene rings is 1. The standard InChI is InChI=1S/C22H34N2O2/c1-16(2)20-14-19(21(25)12-17(20)3)15-23-8-10-24(11-9-23)22(26)13-18-6-4-5-7-18/h12,14,16,18,25H,4-11,13,15H2,1-3H3. The van der Waals surface area contributed by atoms with Crippen molar-refractivity contribution in [3.05, 3.63) is 28.8 Å². The molecule has 1 saturated heterocycles. The Morgan fingerprint density at radius 2 is 1.81 bits per heavy atom. The second kappa shape index (κ2) is 8.43. The van der Waals surface area contributed by atoms with Gasteiger partial charge in [0.2, 0.25) is 5.91 Å². The van der Waals surface area contributed by atoms with Crippen molar-refractivity contribution in [1.29, 1.82) is 0 Å². The average Bonchev–Trinajstić information content (AvgIpc) is 3.10. The van der Waals surface area contributed by atoms with Gasteiger partial charge in [-0.15, -0.1) is 0 Å². The number of hydrogen-bond donors (Lipinski definition) is 1. The average molecular weight is 359 g/mol. The van der Waals surface area contributed by atoms with Crippen LogP contribution in [0.4, 0.5) is 0 Å². The van der Waals surface area contributed by atoms with Crippen molar-refractivity contribution in [3.8, 4) is 5.75 Å². The first kappa shape index (κ1) is 19.2. The second-order valence-corrected chi connectivity index (χ2v) is 8.50. The molecule has 0 radical (unpaired) electrons. The van der Waals surface area contributed by atoms with Crippen LogP contribution in [0.25, 0.3) is 0 Å². The lowest BCUT2D eigenvalue weighted by atomic mass is 9.95. The fourth-order valence-electron chi connectivity index (χ4n) is 4.49. The van der Waals surface area contributed by atoms with Crippen molar-refractivity contribution in [2.45, 2.75) is 65.3 Å². The SMILES string of the molecule is Cc1cc(O)c(CN2CCN(C(=O)CC3CCCC3)CC2)cc1C(C)C. The molecule has 4 nitrogen and oxygen atoms in total. The van der Waals surface area contributed by atoms with Crippen LogP contribution in [-0.4, -0.2) is 47.0 Å². The minimum Gasteiger partial charge on any atom is -0.508 e. The summed E-state index contributed by atoms with van der Waals surface area (Å²) in [5.74, 6) is 1.82. The van der Waals surface area contributed by atoms with Crippen LogP contribution in [0.5, 0.6) is 5.75 Å². The topological polar surface area (TPSA) is 43.8 Å². The Morgan fingerprint density at radius 3 is 2.42 bits per heavy atom. The van der Waals surface area contributed by atoms with Crippen LogP contribution >= 0.6 is 0 Å². The Morgan fingerprint density at radius 1 is 1.15 bits per heavy atom. The maximum absolute atomic E-state index is 12.5. The number of hydrogen-bond acceptors (Lipinski definition) is 3. The van der Waals surface area contributed by atoms with Gasteiger partial charge >= 0.3 is 0 Å². The van der Waals surface area contributed by atoms with Crippen LogP contribution < -0.4 is 0 Å². The molecule has 1 aromatic carbocycles. The van der Waals surface area contributed by atoms with Gasteiger partial charge in [0.05, 0.1) is 0 Å². The molecule has 3 rings (SSSR count). The molecule has 1 N–H and O–H groups in total. The van der Waals surface area contributed by atoms with Gasteiger partial charge in [-0.1, -0.05) is 32.8 Å². The van der Waals surface area contributed by atoms with Crippen LogP contribution in [0.2, 0.25) is 0 Å². The van der Waals surface area contributed by atoms with E-state index in [1.807, 2.05) is 11.0 Å². The Hall–Kier alpha value is -1.55. The Balaban J connectivity index is 1.54. The summed E-state index contributed by atoms with van der Waals surface area (Å²) in [6, 6.07) is 4.05. The largest absolute Gasteiger partial charge is 0.508 e. The van der Waals surface area contributed by atoms with Crippen LogP contribution in [0, 0.1) is 12.8 Å². The first-order valence-corrected chi connectivity index (χ1v) is 10.3. The zero-order valence-electron chi connectivity index (χ0n) is 16.6. The third-order valence-corrected chi connectivity index (χ3v) is 6.15. The highest BCUT2D eigenvalue weighted by atomic mass is 16.3. The van der Waals surface area contributed by atoms with Crippen LogP contribution in [0.3, 0.4) is 0 Å². The third-order valence-electron chi connectivity index (χ3n) is 6.15.